The van der Waals surface area contributed by atoms with Crippen LogP contribution in [0.15, 0.2) is 64.4 Å². The summed E-state index contributed by atoms with van der Waals surface area (Å²) in [4.78, 5) is 39.2. The van der Waals surface area contributed by atoms with Crippen LogP contribution in [0.3, 0.4) is 0 Å². The smallest absolute Gasteiger partial charge is 0.451 e. The SMILES string of the molecule is COC(=O)OCOc1c2n(ccc1=O)N([C@@H]1c3ccccc3SCc3c(F)cccc31)CN([C@H](C)C(F)(F)F)C2=O. The van der Waals surface area contributed by atoms with Crippen LogP contribution in [0.5, 0.6) is 5.75 Å². The van der Waals surface area contributed by atoms with Crippen LogP contribution in [-0.2, 0) is 15.2 Å². The first-order valence-electron chi connectivity index (χ1n) is 12.3. The fourth-order valence-corrected chi connectivity index (χ4v) is 5.94. The molecule has 1 amide bonds. The van der Waals surface area contributed by atoms with E-state index in [2.05, 4.69) is 9.47 Å². The maximum atomic E-state index is 15.1. The molecule has 0 fully saturated rings. The Morgan fingerprint density at radius 1 is 1.10 bits per heavy atom. The molecule has 3 heterocycles. The van der Waals surface area contributed by atoms with Crippen molar-refractivity contribution in [3.63, 3.8) is 0 Å². The van der Waals surface area contributed by atoms with E-state index in [9.17, 15) is 27.6 Å². The van der Waals surface area contributed by atoms with Crippen molar-refractivity contribution in [1.82, 2.24) is 9.58 Å². The van der Waals surface area contributed by atoms with Crippen molar-refractivity contribution >= 4 is 23.8 Å². The molecule has 14 heteroatoms. The molecule has 216 valence electrons. The quantitative estimate of drug-likeness (QED) is 0.237. The standard InChI is InChI=1S/C27H23F4N3O6S/c1-15(27(29,30)31)32-13-34(33-11-10-20(35)24(23(33)25(32)36)39-14-40-26(37)38-2)22-16-7-5-8-19(28)18(16)12-41-21-9-4-3-6-17(21)22/h3-11,15,22H,12-14H2,1-2H3/t15-,22+/m1/s1. The number of ether oxygens (including phenoxy) is 3. The number of hydrogen-bond acceptors (Lipinski definition) is 8. The fourth-order valence-electron chi connectivity index (χ4n) is 4.82. The first-order valence-corrected chi connectivity index (χ1v) is 13.2. The number of fused-ring (bicyclic) bond motifs is 3. The highest BCUT2D eigenvalue weighted by Gasteiger charge is 2.48. The van der Waals surface area contributed by atoms with Crippen LogP contribution in [0.25, 0.3) is 0 Å². The Balaban J connectivity index is 1.73. The molecule has 0 unspecified atom stereocenters. The number of amides is 1. The van der Waals surface area contributed by atoms with Crippen molar-refractivity contribution in [2.24, 2.45) is 0 Å². The molecule has 0 bridgehead atoms. The normalized spacial score (nSPS) is 17.1. The second-order valence-electron chi connectivity index (χ2n) is 9.17. The van der Waals surface area contributed by atoms with Crippen LogP contribution in [0.4, 0.5) is 22.4 Å². The summed E-state index contributed by atoms with van der Waals surface area (Å²) in [5.74, 6) is -1.97. The molecule has 1 aromatic heterocycles. The molecular weight excluding hydrogens is 570 g/mol. The maximum Gasteiger partial charge on any atom is 0.510 e. The molecule has 9 nitrogen and oxygen atoms in total. The third-order valence-corrected chi connectivity index (χ3v) is 8.01. The van der Waals surface area contributed by atoms with E-state index in [0.29, 0.717) is 21.6 Å². The van der Waals surface area contributed by atoms with Crippen LogP contribution in [0.1, 0.15) is 40.1 Å². The van der Waals surface area contributed by atoms with E-state index in [1.54, 1.807) is 24.3 Å². The van der Waals surface area contributed by atoms with Gasteiger partial charge in [-0.3, -0.25) is 19.3 Å². The van der Waals surface area contributed by atoms with Crippen LogP contribution < -0.4 is 15.2 Å². The molecule has 2 aliphatic heterocycles. The zero-order chi connectivity index (χ0) is 29.5. The van der Waals surface area contributed by atoms with Gasteiger partial charge in [0.1, 0.15) is 18.5 Å². The summed E-state index contributed by atoms with van der Waals surface area (Å²) in [7, 11) is 1.04. The summed E-state index contributed by atoms with van der Waals surface area (Å²) in [5, 5.41) is 1.45. The van der Waals surface area contributed by atoms with Gasteiger partial charge in [-0.25, -0.2) is 9.18 Å². The van der Waals surface area contributed by atoms with E-state index in [-0.39, 0.29) is 5.75 Å². The summed E-state index contributed by atoms with van der Waals surface area (Å²) in [6.07, 6.45) is -4.70. The van der Waals surface area contributed by atoms with Crippen LogP contribution in [0.2, 0.25) is 0 Å². The molecule has 0 saturated carbocycles. The van der Waals surface area contributed by atoms with E-state index >= 15 is 4.39 Å². The number of carbonyl (C=O) groups excluding carboxylic acids is 2. The molecular formula is C27H23F4N3O6S. The second-order valence-corrected chi connectivity index (χ2v) is 10.2. The Morgan fingerprint density at radius 3 is 2.56 bits per heavy atom. The third-order valence-electron chi connectivity index (χ3n) is 6.89. The molecule has 0 aliphatic carbocycles. The highest BCUT2D eigenvalue weighted by molar-refractivity contribution is 7.98. The van der Waals surface area contributed by atoms with Gasteiger partial charge in [0, 0.05) is 28.5 Å². The lowest BCUT2D eigenvalue weighted by Crippen LogP contribution is -2.60. The lowest BCUT2D eigenvalue weighted by atomic mass is 9.94. The molecule has 2 aliphatic rings. The summed E-state index contributed by atoms with van der Waals surface area (Å²) < 4.78 is 72.8. The number of nitrogens with zero attached hydrogens (tertiary/aromatic N) is 3. The summed E-state index contributed by atoms with van der Waals surface area (Å²) in [5.41, 5.74) is 0.162. The molecule has 0 saturated heterocycles. The van der Waals surface area contributed by atoms with Crippen molar-refractivity contribution in [3.8, 4) is 5.75 Å². The van der Waals surface area contributed by atoms with Gasteiger partial charge in [-0.1, -0.05) is 30.3 Å². The van der Waals surface area contributed by atoms with E-state index in [1.807, 2.05) is 6.07 Å². The van der Waals surface area contributed by atoms with Crippen molar-refractivity contribution in [1.29, 1.82) is 0 Å². The Bertz CT molecular complexity index is 1560. The highest BCUT2D eigenvalue weighted by atomic mass is 32.2. The van der Waals surface area contributed by atoms with Crippen molar-refractivity contribution in [2.75, 3.05) is 25.6 Å². The molecule has 0 N–H and O–H groups in total. The lowest BCUT2D eigenvalue weighted by Gasteiger charge is -2.46. The molecule has 2 atom stereocenters. The number of methoxy groups -OCH3 is 1. The molecule has 2 aromatic carbocycles. The van der Waals surface area contributed by atoms with E-state index < -0.39 is 66.5 Å². The van der Waals surface area contributed by atoms with Gasteiger partial charge < -0.3 is 19.1 Å². The number of carbonyl (C=O) groups is 2. The van der Waals surface area contributed by atoms with Gasteiger partial charge in [0.2, 0.25) is 18.0 Å². The number of hydrogen-bond donors (Lipinski definition) is 0. The van der Waals surface area contributed by atoms with Crippen molar-refractivity contribution < 1.29 is 41.4 Å². The number of rotatable bonds is 5. The zero-order valence-corrected chi connectivity index (χ0v) is 22.5. The molecule has 0 spiro atoms. The minimum atomic E-state index is -4.81. The minimum Gasteiger partial charge on any atom is -0.451 e. The third kappa shape index (κ3) is 5.19. The van der Waals surface area contributed by atoms with Crippen molar-refractivity contribution in [2.45, 2.75) is 35.8 Å². The number of benzene rings is 2. The lowest BCUT2D eigenvalue weighted by molar-refractivity contribution is -0.173. The predicted octanol–water partition coefficient (Wildman–Crippen LogP) is 4.80. The fraction of sp³-hybridized carbons (Fsp3) is 0.296. The van der Waals surface area contributed by atoms with Gasteiger partial charge in [-0.05, 0) is 30.2 Å². The summed E-state index contributed by atoms with van der Waals surface area (Å²) >= 11 is 1.38. The van der Waals surface area contributed by atoms with Crippen molar-refractivity contribution in [3.05, 3.63) is 93.2 Å². The molecule has 41 heavy (non-hydrogen) atoms. The van der Waals surface area contributed by atoms with Crippen LogP contribution >= 0.6 is 11.8 Å². The predicted molar refractivity (Wildman–Crippen MR) is 139 cm³/mol. The van der Waals surface area contributed by atoms with Gasteiger partial charge in [-0.15, -0.1) is 11.8 Å². The Morgan fingerprint density at radius 2 is 1.83 bits per heavy atom. The van der Waals surface area contributed by atoms with Gasteiger partial charge in [0.25, 0.3) is 5.91 Å². The summed E-state index contributed by atoms with van der Waals surface area (Å²) in [6, 6.07) is 9.60. The van der Waals surface area contributed by atoms with Gasteiger partial charge in [0.15, 0.2) is 5.69 Å². The van der Waals surface area contributed by atoms with E-state index in [4.69, 9.17) is 4.74 Å². The van der Waals surface area contributed by atoms with Gasteiger partial charge >= 0.3 is 12.3 Å². The maximum absolute atomic E-state index is 15.1. The summed E-state index contributed by atoms with van der Waals surface area (Å²) in [6.45, 7) is -0.580. The van der Waals surface area contributed by atoms with E-state index in [1.165, 1.54) is 39.8 Å². The highest BCUT2D eigenvalue weighted by Crippen LogP contribution is 2.44. The number of aromatic nitrogens is 1. The first kappa shape index (κ1) is 28.3. The Labute approximate surface area is 235 Å². The van der Waals surface area contributed by atoms with Crippen LogP contribution in [0, 0.1) is 5.82 Å². The average Bonchev–Trinajstić information content (AvgIpc) is 3.11. The number of alkyl halides is 3. The zero-order valence-electron chi connectivity index (χ0n) is 21.7. The Kier molecular flexibility index (Phi) is 7.60. The second kappa shape index (κ2) is 11.0. The topological polar surface area (TPSA) is 90.3 Å². The Hall–Kier alpha value is -4.20. The molecule has 5 rings (SSSR count). The van der Waals surface area contributed by atoms with E-state index in [0.717, 1.165) is 25.0 Å². The largest absolute Gasteiger partial charge is 0.510 e. The average molecular weight is 594 g/mol. The van der Waals surface area contributed by atoms with Crippen LogP contribution in [-0.4, -0.2) is 54.4 Å². The monoisotopic (exact) mass is 593 g/mol. The minimum absolute atomic E-state index is 0.265. The molecule has 3 aromatic rings. The number of halogens is 4. The first-order chi connectivity index (χ1) is 19.5. The van der Waals surface area contributed by atoms with Gasteiger partial charge in [0.05, 0.1) is 13.2 Å². The number of pyridine rings is 1. The van der Waals surface area contributed by atoms with Gasteiger partial charge in [-0.2, -0.15) is 13.2 Å². The number of thioether (sulfide) groups is 1. The molecule has 0 radical (unpaired) electrons.